The Kier molecular flexibility index (Phi) is 10.6. The predicted molar refractivity (Wildman–Crippen MR) is 161 cm³/mol. The second kappa shape index (κ2) is 13.5. The highest BCUT2D eigenvalue weighted by Crippen LogP contribution is 2.31. The fraction of sp³-hybridized carbons (Fsp3) is 0.333. The van der Waals surface area contributed by atoms with Crippen LogP contribution in [-0.4, -0.2) is 43.8 Å². The fourth-order valence-electron chi connectivity index (χ4n) is 4.10. The minimum Gasteiger partial charge on any atom is -0.352 e. The lowest BCUT2D eigenvalue weighted by Crippen LogP contribution is -2.52. The van der Waals surface area contributed by atoms with E-state index in [9.17, 15) is 18.0 Å². The van der Waals surface area contributed by atoms with Gasteiger partial charge in [0.05, 0.1) is 10.6 Å². The average molecular weight is 605 g/mol. The largest absolute Gasteiger partial charge is 0.352 e. The molecule has 7 nitrogen and oxygen atoms in total. The number of nitrogens with one attached hydrogen (secondary N) is 1. The predicted octanol–water partition coefficient (Wildman–Crippen LogP) is 6.14. The van der Waals surface area contributed by atoms with E-state index < -0.39 is 28.5 Å². The van der Waals surface area contributed by atoms with E-state index >= 15 is 0 Å². The van der Waals surface area contributed by atoms with Gasteiger partial charge in [-0.15, -0.1) is 0 Å². The van der Waals surface area contributed by atoms with Crippen molar-refractivity contribution >= 4 is 50.7 Å². The normalized spacial score (nSPS) is 12.9. The molecule has 0 aromatic heterocycles. The molecule has 0 radical (unpaired) electrons. The monoisotopic (exact) mass is 603 g/mol. The van der Waals surface area contributed by atoms with E-state index in [1.165, 1.54) is 17.0 Å². The quantitative estimate of drug-likeness (QED) is 0.285. The van der Waals surface area contributed by atoms with E-state index in [1.807, 2.05) is 20.8 Å². The molecule has 0 heterocycles. The van der Waals surface area contributed by atoms with Crippen LogP contribution in [0.15, 0.2) is 71.6 Å². The highest BCUT2D eigenvalue weighted by atomic mass is 35.5. The number of amides is 2. The Morgan fingerprint density at radius 1 is 0.950 bits per heavy atom. The van der Waals surface area contributed by atoms with E-state index in [0.717, 1.165) is 16.3 Å². The van der Waals surface area contributed by atoms with Crippen molar-refractivity contribution in [2.24, 2.45) is 0 Å². The Hall–Kier alpha value is -3.07. The molecule has 2 atom stereocenters. The van der Waals surface area contributed by atoms with Crippen molar-refractivity contribution in [2.75, 3.05) is 10.8 Å². The van der Waals surface area contributed by atoms with Gasteiger partial charge in [0.15, 0.2) is 0 Å². The van der Waals surface area contributed by atoms with Gasteiger partial charge in [-0.25, -0.2) is 8.42 Å². The van der Waals surface area contributed by atoms with E-state index in [-0.39, 0.29) is 29.1 Å². The summed E-state index contributed by atoms with van der Waals surface area (Å²) < 4.78 is 29.0. The second-order valence-corrected chi connectivity index (χ2v) is 12.6. The molecule has 0 aliphatic rings. The lowest BCUT2D eigenvalue weighted by atomic mass is 10.1. The lowest BCUT2D eigenvalue weighted by molar-refractivity contribution is -0.139. The number of carbonyl (C=O) groups is 2. The maximum Gasteiger partial charge on any atom is 0.264 e. The third-order valence-corrected chi connectivity index (χ3v) is 9.22. The van der Waals surface area contributed by atoms with Gasteiger partial charge in [-0.05, 0) is 81.6 Å². The van der Waals surface area contributed by atoms with Gasteiger partial charge >= 0.3 is 0 Å². The molecule has 0 fully saturated rings. The summed E-state index contributed by atoms with van der Waals surface area (Å²) in [6, 6.07) is 17.3. The first-order chi connectivity index (χ1) is 18.8. The summed E-state index contributed by atoms with van der Waals surface area (Å²) >= 11 is 12.6. The number of benzene rings is 3. The van der Waals surface area contributed by atoms with Crippen molar-refractivity contribution in [3.8, 4) is 0 Å². The van der Waals surface area contributed by atoms with Crippen molar-refractivity contribution < 1.29 is 18.0 Å². The van der Waals surface area contributed by atoms with Crippen LogP contribution in [0.2, 0.25) is 10.0 Å². The molecular weight excluding hydrogens is 569 g/mol. The molecule has 40 heavy (non-hydrogen) atoms. The third-order valence-electron chi connectivity index (χ3n) is 6.81. The molecule has 0 spiro atoms. The third kappa shape index (κ3) is 7.56. The van der Waals surface area contributed by atoms with Crippen molar-refractivity contribution in [1.29, 1.82) is 0 Å². The minimum absolute atomic E-state index is 0.0363. The van der Waals surface area contributed by atoms with Crippen LogP contribution in [0.25, 0.3) is 0 Å². The Balaban J connectivity index is 2.07. The summed E-state index contributed by atoms with van der Waals surface area (Å²) in [5, 5.41) is 3.77. The molecule has 0 saturated heterocycles. The van der Waals surface area contributed by atoms with Gasteiger partial charge in [0.2, 0.25) is 11.8 Å². The zero-order valence-electron chi connectivity index (χ0n) is 23.3. The molecule has 2 amide bonds. The van der Waals surface area contributed by atoms with E-state index in [2.05, 4.69) is 5.32 Å². The number of anilines is 1. The van der Waals surface area contributed by atoms with Crippen molar-refractivity contribution in [2.45, 2.75) is 64.6 Å². The van der Waals surface area contributed by atoms with Crippen LogP contribution < -0.4 is 9.62 Å². The van der Waals surface area contributed by atoms with Gasteiger partial charge in [-0.3, -0.25) is 13.9 Å². The van der Waals surface area contributed by atoms with Gasteiger partial charge in [-0.1, -0.05) is 66.0 Å². The number of carbonyl (C=O) groups excluding carboxylic acids is 2. The Labute approximate surface area is 247 Å². The molecule has 1 N–H and O–H groups in total. The Bertz CT molecular complexity index is 1460. The summed E-state index contributed by atoms with van der Waals surface area (Å²) in [5.41, 5.74) is 2.39. The maximum absolute atomic E-state index is 14.0. The number of halogens is 2. The van der Waals surface area contributed by atoms with Gasteiger partial charge in [0.25, 0.3) is 10.0 Å². The molecule has 0 aliphatic heterocycles. The second-order valence-electron chi connectivity index (χ2n) is 9.85. The van der Waals surface area contributed by atoms with Gasteiger partial charge < -0.3 is 10.2 Å². The summed E-state index contributed by atoms with van der Waals surface area (Å²) in [5.74, 6) is -0.890. The first-order valence-corrected chi connectivity index (χ1v) is 15.2. The smallest absolute Gasteiger partial charge is 0.264 e. The highest BCUT2D eigenvalue weighted by Gasteiger charge is 2.33. The molecule has 0 unspecified atom stereocenters. The van der Waals surface area contributed by atoms with Crippen molar-refractivity contribution in [3.63, 3.8) is 0 Å². The van der Waals surface area contributed by atoms with Crippen molar-refractivity contribution in [1.82, 2.24) is 10.2 Å². The minimum atomic E-state index is -4.18. The van der Waals surface area contributed by atoms with Crippen LogP contribution in [0.3, 0.4) is 0 Å². The molecule has 0 bridgehead atoms. The van der Waals surface area contributed by atoms with Gasteiger partial charge in [0, 0.05) is 22.6 Å². The number of rotatable bonds is 11. The van der Waals surface area contributed by atoms with E-state index in [4.69, 9.17) is 23.2 Å². The van der Waals surface area contributed by atoms with Crippen LogP contribution in [0.5, 0.6) is 0 Å². The molecule has 3 aromatic rings. The molecule has 0 saturated carbocycles. The number of nitrogens with zero attached hydrogens (tertiary/aromatic N) is 2. The standard InChI is InChI=1S/C30H35Cl2N3O4S/c1-6-21(3)33-30(37)23(5)34(18-24-9-7-10-25(31)17-24)29(36)19-35(28-12-8-11-27(32)22(28)4)40(38,39)26-15-13-20(2)14-16-26/h7-17,21,23H,6,18-19H2,1-5H3,(H,33,37)/t21-,23+/m0/s1. The SMILES string of the molecule is CC[C@H](C)NC(=O)[C@@H](C)N(Cc1cccc(Cl)c1)C(=O)CN(c1cccc(Cl)c1C)S(=O)(=O)c1ccc(C)cc1. The zero-order chi connectivity index (χ0) is 29.6. The molecular formula is C30H35Cl2N3O4S. The summed E-state index contributed by atoms with van der Waals surface area (Å²) in [6.45, 7) is 8.53. The number of aryl methyl sites for hydroxylation is 1. The number of hydrogen-bond acceptors (Lipinski definition) is 4. The molecule has 3 rings (SSSR count). The van der Waals surface area contributed by atoms with Crippen LogP contribution in [-0.2, 0) is 26.2 Å². The summed E-state index contributed by atoms with van der Waals surface area (Å²) in [7, 11) is -4.18. The molecule has 0 aliphatic carbocycles. The molecule has 10 heteroatoms. The summed E-state index contributed by atoms with van der Waals surface area (Å²) in [6.07, 6.45) is 0.720. The average Bonchev–Trinajstić information content (AvgIpc) is 2.91. The molecule has 3 aromatic carbocycles. The fourth-order valence-corrected chi connectivity index (χ4v) is 5.95. The first-order valence-electron chi connectivity index (χ1n) is 13.0. The lowest BCUT2D eigenvalue weighted by Gasteiger charge is -2.33. The van der Waals surface area contributed by atoms with E-state index in [0.29, 0.717) is 21.2 Å². The Morgan fingerprint density at radius 2 is 1.60 bits per heavy atom. The molecule has 214 valence electrons. The maximum atomic E-state index is 14.0. The summed E-state index contributed by atoms with van der Waals surface area (Å²) in [4.78, 5) is 28.6. The van der Waals surface area contributed by atoms with Crippen LogP contribution in [0.4, 0.5) is 5.69 Å². The van der Waals surface area contributed by atoms with Crippen LogP contribution in [0.1, 0.15) is 43.9 Å². The Morgan fingerprint density at radius 3 is 2.23 bits per heavy atom. The van der Waals surface area contributed by atoms with Gasteiger partial charge in [-0.2, -0.15) is 0 Å². The van der Waals surface area contributed by atoms with E-state index in [1.54, 1.807) is 68.4 Å². The topological polar surface area (TPSA) is 86.8 Å². The number of sulfonamides is 1. The number of hydrogen-bond donors (Lipinski definition) is 1. The first kappa shape index (κ1) is 31.5. The van der Waals surface area contributed by atoms with Gasteiger partial charge in [0.1, 0.15) is 12.6 Å². The van der Waals surface area contributed by atoms with Crippen LogP contribution >= 0.6 is 23.2 Å². The van der Waals surface area contributed by atoms with Crippen molar-refractivity contribution in [3.05, 3.63) is 93.5 Å². The zero-order valence-corrected chi connectivity index (χ0v) is 25.6. The highest BCUT2D eigenvalue weighted by molar-refractivity contribution is 7.92. The van der Waals surface area contributed by atoms with Crippen LogP contribution in [0, 0.1) is 13.8 Å².